The van der Waals surface area contributed by atoms with Crippen LogP contribution in [-0.4, -0.2) is 23.6 Å². The zero-order valence-corrected chi connectivity index (χ0v) is 12.7. The monoisotopic (exact) mass is 377 g/mol. The molecule has 0 radical (unpaired) electrons. The molecule has 6 heteroatoms. The number of amides is 1. The van der Waals surface area contributed by atoms with Gasteiger partial charge < -0.3 is 4.90 Å². The smallest absolute Gasteiger partial charge is 0.299 e. The molecule has 1 unspecified atom stereocenters. The first kappa shape index (κ1) is 13.7. The Hall–Kier alpha value is -0.750. The van der Waals surface area contributed by atoms with Crippen LogP contribution in [0.2, 0.25) is 0 Å². The molecule has 1 aliphatic rings. The Balaban J connectivity index is 2.45. The first-order valence-corrected chi connectivity index (χ1v) is 7.28. The maximum atomic E-state index is 13.5. The molecule has 0 bridgehead atoms. The molecule has 0 spiro atoms. The Labute approximate surface area is 121 Å². The van der Waals surface area contributed by atoms with Crippen LogP contribution in [0.25, 0.3) is 0 Å². The van der Waals surface area contributed by atoms with Crippen molar-refractivity contribution in [3.63, 3.8) is 0 Å². The fraction of sp³-hybridized carbons (Fsp3) is 0.333. The maximum Gasteiger partial charge on any atom is 0.299 e. The van der Waals surface area contributed by atoms with Crippen molar-refractivity contribution in [1.82, 2.24) is 0 Å². The van der Waals surface area contributed by atoms with Crippen LogP contribution in [0.4, 0.5) is 10.1 Å². The molecule has 1 heterocycles. The van der Waals surface area contributed by atoms with Crippen LogP contribution in [0.15, 0.2) is 16.6 Å². The van der Waals surface area contributed by atoms with Gasteiger partial charge in [0.25, 0.3) is 11.7 Å². The van der Waals surface area contributed by atoms with E-state index in [1.54, 1.807) is 0 Å². The van der Waals surface area contributed by atoms with Gasteiger partial charge in [0.2, 0.25) is 0 Å². The molecule has 0 saturated heterocycles. The van der Waals surface area contributed by atoms with Crippen molar-refractivity contribution in [2.24, 2.45) is 5.92 Å². The van der Waals surface area contributed by atoms with Crippen LogP contribution in [0.1, 0.15) is 17.3 Å². The molecule has 1 aliphatic heterocycles. The molecule has 96 valence electrons. The molecule has 0 saturated carbocycles. The van der Waals surface area contributed by atoms with Gasteiger partial charge in [-0.15, -0.1) is 0 Å². The van der Waals surface area contributed by atoms with Crippen LogP contribution in [0.3, 0.4) is 0 Å². The van der Waals surface area contributed by atoms with Crippen molar-refractivity contribution < 1.29 is 14.0 Å². The minimum atomic E-state index is -0.588. The second-order valence-electron chi connectivity index (χ2n) is 4.29. The van der Waals surface area contributed by atoms with E-state index in [-0.39, 0.29) is 16.0 Å². The predicted octanol–water partition coefficient (Wildman–Crippen LogP) is 3.15. The molecule has 0 aliphatic carbocycles. The third-order valence-electron chi connectivity index (χ3n) is 2.77. The van der Waals surface area contributed by atoms with Gasteiger partial charge in [-0.3, -0.25) is 9.59 Å². The summed E-state index contributed by atoms with van der Waals surface area (Å²) in [6.07, 6.45) is 0. The summed E-state index contributed by atoms with van der Waals surface area (Å²) in [5.41, 5.74) is 0.619. The largest absolute Gasteiger partial charge is 0.304 e. The zero-order chi connectivity index (χ0) is 13.4. The maximum absolute atomic E-state index is 13.5. The van der Waals surface area contributed by atoms with Crippen LogP contribution >= 0.6 is 31.9 Å². The van der Waals surface area contributed by atoms with Crippen LogP contribution in [-0.2, 0) is 4.79 Å². The van der Waals surface area contributed by atoms with Crippen molar-refractivity contribution in [1.29, 1.82) is 0 Å². The topological polar surface area (TPSA) is 37.4 Å². The number of fused-ring (bicyclic) bond motifs is 1. The summed E-state index contributed by atoms with van der Waals surface area (Å²) >= 11 is 6.33. The highest BCUT2D eigenvalue weighted by Crippen LogP contribution is 2.33. The molecule has 1 amide bonds. The van der Waals surface area contributed by atoms with Gasteiger partial charge >= 0.3 is 0 Å². The molecular weight excluding hydrogens is 369 g/mol. The van der Waals surface area contributed by atoms with Crippen molar-refractivity contribution in [2.75, 3.05) is 16.8 Å². The number of hydrogen-bond acceptors (Lipinski definition) is 2. The zero-order valence-electron chi connectivity index (χ0n) is 9.54. The number of Topliss-reactive ketones (excluding diaryl/α,β-unsaturated/α-hetero) is 1. The molecule has 0 N–H and O–H groups in total. The average Bonchev–Trinajstić information content (AvgIpc) is 2.56. The standard InChI is InChI=1S/C12H10Br2FNO2/c1-6(4-13)5-16-10-3-9(15)8(14)2-7(10)11(17)12(16)18/h2-3,6H,4-5H2,1H3. The quantitative estimate of drug-likeness (QED) is 0.598. The van der Waals surface area contributed by atoms with Crippen LogP contribution < -0.4 is 4.90 Å². The van der Waals surface area contributed by atoms with Crippen molar-refractivity contribution in [3.05, 3.63) is 28.0 Å². The summed E-state index contributed by atoms with van der Waals surface area (Å²) in [4.78, 5) is 25.0. The van der Waals surface area contributed by atoms with Gasteiger partial charge in [-0.25, -0.2) is 4.39 Å². The van der Waals surface area contributed by atoms with Gasteiger partial charge in [0.1, 0.15) is 5.82 Å². The second-order valence-corrected chi connectivity index (χ2v) is 5.79. The minimum Gasteiger partial charge on any atom is -0.304 e. The van der Waals surface area contributed by atoms with Crippen molar-refractivity contribution >= 4 is 49.2 Å². The van der Waals surface area contributed by atoms with E-state index < -0.39 is 17.5 Å². The Bertz CT molecular complexity index is 533. The molecule has 2 rings (SSSR count). The molecular formula is C12H10Br2FNO2. The van der Waals surface area contributed by atoms with Gasteiger partial charge in [0, 0.05) is 11.9 Å². The van der Waals surface area contributed by atoms with E-state index in [1.165, 1.54) is 17.0 Å². The van der Waals surface area contributed by atoms with Gasteiger partial charge in [0.15, 0.2) is 0 Å². The molecule has 1 aromatic rings. The highest BCUT2D eigenvalue weighted by molar-refractivity contribution is 9.10. The van der Waals surface area contributed by atoms with E-state index in [1.807, 2.05) is 6.92 Å². The summed E-state index contributed by atoms with van der Waals surface area (Å²) in [5, 5.41) is 0.708. The van der Waals surface area contributed by atoms with Gasteiger partial charge in [-0.05, 0) is 34.0 Å². The molecule has 0 aromatic heterocycles. The summed E-state index contributed by atoms with van der Waals surface area (Å²) in [5.74, 6) is -1.46. The predicted molar refractivity (Wildman–Crippen MR) is 73.7 cm³/mol. The third-order valence-corrected chi connectivity index (χ3v) is 4.48. The highest BCUT2D eigenvalue weighted by Gasteiger charge is 2.37. The summed E-state index contributed by atoms with van der Waals surface area (Å²) < 4.78 is 13.7. The highest BCUT2D eigenvalue weighted by atomic mass is 79.9. The first-order chi connectivity index (χ1) is 8.45. The molecule has 3 nitrogen and oxygen atoms in total. The van der Waals surface area contributed by atoms with E-state index >= 15 is 0 Å². The Kier molecular flexibility index (Phi) is 3.87. The fourth-order valence-corrected chi connectivity index (χ4v) is 2.38. The van der Waals surface area contributed by atoms with Gasteiger partial charge in [-0.2, -0.15) is 0 Å². The average molecular weight is 379 g/mol. The number of hydrogen-bond donors (Lipinski definition) is 0. The lowest BCUT2D eigenvalue weighted by atomic mass is 10.1. The van der Waals surface area contributed by atoms with E-state index in [0.29, 0.717) is 17.6 Å². The van der Waals surface area contributed by atoms with Crippen molar-refractivity contribution in [2.45, 2.75) is 6.92 Å². The molecule has 1 atom stereocenters. The number of nitrogens with zero attached hydrogens (tertiary/aromatic N) is 1. The first-order valence-electron chi connectivity index (χ1n) is 5.37. The number of anilines is 1. The lowest BCUT2D eigenvalue weighted by molar-refractivity contribution is -0.114. The lowest BCUT2D eigenvalue weighted by Crippen LogP contribution is -2.34. The molecule has 1 aromatic carbocycles. The second kappa shape index (κ2) is 5.09. The van der Waals surface area contributed by atoms with Crippen molar-refractivity contribution in [3.8, 4) is 0 Å². The molecule has 18 heavy (non-hydrogen) atoms. The third kappa shape index (κ3) is 2.23. The van der Waals surface area contributed by atoms with Gasteiger partial charge in [0.05, 0.1) is 15.7 Å². The number of carbonyl (C=O) groups is 2. The van der Waals surface area contributed by atoms with Crippen LogP contribution in [0.5, 0.6) is 0 Å². The Morgan fingerprint density at radius 3 is 2.67 bits per heavy atom. The van der Waals surface area contributed by atoms with E-state index in [0.717, 1.165) is 0 Å². The number of ketones is 1. The number of carbonyl (C=O) groups excluding carboxylic acids is 2. The van der Waals surface area contributed by atoms with E-state index in [9.17, 15) is 14.0 Å². The van der Waals surface area contributed by atoms with E-state index in [4.69, 9.17) is 0 Å². The number of rotatable bonds is 3. The number of halogens is 3. The minimum absolute atomic E-state index is 0.180. The van der Waals surface area contributed by atoms with Gasteiger partial charge in [-0.1, -0.05) is 22.9 Å². The number of benzene rings is 1. The SMILES string of the molecule is CC(CBr)CN1C(=O)C(=O)c2cc(Br)c(F)cc21. The fourth-order valence-electron chi connectivity index (χ4n) is 1.83. The Morgan fingerprint density at radius 2 is 2.06 bits per heavy atom. The lowest BCUT2D eigenvalue weighted by Gasteiger charge is -2.19. The molecule has 0 fully saturated rings. The number of alkyl halides is 1. The normalized spacial score (nSPS) is 16.1. The Morgan fingerprint density at radius 1 is 1.39 bits per heavy atom. The summed E-state index contributed by atoms with van der Waals surface area (Å²) in [7, 11) is 0. The summed E-state index contributed by atoms with van der Waals surface area (Å²) in [6, 6.07) is 2.59. The van der Waals surface area contributed by atoms with E-state index in [2.05, 4.69) is 31.9 Å². The summed E-state index contributed by atoms with van der Waals surface area (Å²) in [6.45, 7) is 2.34. The van der Waals surface area contributed by atoms with Crippen LogP contribution in [0, 0.1) is 11.7 Å².